The molecule has 2 aromatic heterocycles. The van der Waals surface area contributed by atoms with Crippen molar-refractivity contribution in [3.05, 3.63) is 58.5 Å². The van der Waals surface area contributed by atoms with Gasteiger partial charge in [0.2, 0.25) is 5.91 Å². The molecule has 0 atom stereocenters. The molecule has 0 radical (unpaired) electrons. The fourth-order valence-corrected chi connectivity index (χ4v) is 4.46. The maximum atomic E-state index is 12.9. The Hall–Kier alpha value is -2.93. The molecule has 1 aromatic carbocycles. The number of fused-ring (bicyclic) bond motifs is 1. The van der Waals surface area contributed by atoms with Crippen LogP contribution >= 0.6 is 0 Å². The van der Waals surface area contributed by atoms with E-state index in [0.717, 1.165) is 66.8 Å². The van der Waals surface area contributed by atoms with Crippen LogP contribution in [0.3, 0.4) is 0 Å². The second-order valence-electron chi connectivity index (χ2n) is 8.55. The summed E-state index contributed by atoms with van der Waals surface area (Å²) in [7, 11) is 0. The van der Waals surface area contributed by atoms with Gasteiger partial charge in [-0.15, -0.1) is 0 Å². The molecule has 0 aliphatic carbocycles. The molecule has 1 saturated heterocycles. The van der Waals surface area contributed by atoms with Gasteiger partial charge < -0.3 is 9.64 Å². The number of aryl methyl sites for hydroxylation is 3. The first kappa shape index (κ1) is 22.3. The molecular weight excluding hydrogens is 402 g/mol. The van der Waals surface area contributed by atoms with Gasteiger partial charge in [0.1, 0.15) is 5.75 Å². The first-order valence-electron chi connectivity index (χ1n) is 11.5. The maximum absolute atomic E-state index is 12.9. The minimum Gasteiger partial charge on any atom is -0.494 e. The van der Waals surface area contributed by atoms with Crippen molar-refractivity contribution >= 4 is 11.6 Å². The second kappa shape index (κ2) is 9.69. The summed E-state index contributed by atoms with van der Waals surface area (Å²) in [5.74, 6) is 1.13. The van der Waals surface area contributed by atoms with Crippen molar-refractivity contribution in [3.8, 4) is 5.75 Å². The van der Waals surface area contributed by atoms with Crippen LogP contribution in [0.4, 0.5) is 0 Å². The average molecular weight is 436 g/mol. The molecule has 0 unspecified atom stereocenters. The molecule has 0 bridgehead atoms. The van der Waals surface area contributed by atoms with Crippen LogP contribution in [0, 0.1) is 20.8 Å². The molecular formula is C25H33N5O2. The van der Waals surface area contributed by atoms with Gasteiger partial charge >= 0.3 is 0 Å². The lowest BCUT2D eigenvalue weighted by atomic mass is 10.1. The standard InChI is InChI=1S/C25H33N5O2/c1-5-32-22-8-6-21(7-9-22)17-28-12-14-29(15-13-28)25(31)11-10-23-19(3)26-24-16-18(2)27-30(24)20(23)4/h6-9,16H,5,10-15,17H2,1-4H3. The lowest BCUT2D eigenvalue weighted by Crippen LogP contribution is -2.48. The highest BCUT2D eigenvalue weighted by Crippen LogP contribution is 2.18. The molecule has 1 aliphatic heterocycles. The monoisotopic (exact) mass is 435 g/mol. The number of rotatable bonds is 7. The third kappa shape index (κ3) is 4.93. The smallest absolute Gasteiger partial charge is 0.222 e. The fraction of sp³-hybridized carbons (Fsp3) is 0.480. The lowest BCUT2D eigenvalue weighted by Gasteiger charge is -2.35. The number of hydrogen-bond donors (Lipinski definition) is 0. The van der Waals surface area contributed by atoms with Crippen molar-refractivity contribution < 1.29 is 9.53 Å². The van der Waals surface area contributed by atoms with Gasteiger partial charge in [0.05, 0.1) is 12.3 Å². The van der Waals surface area contributed by atoms with E-state index in [1.807, 2.05) is 48.4 Å². The van der Waals surface area contributed by atoms with Crippen molar-refractivity contribution in [1.29, 1.82) is 0 Å². The first-order chi connectivity index (χ1) is 15.4. The topological polar surface area (TPSA) is 63.0 Å². The third-order valence-electron chi connectivity index (χ3n) is 6.24. The Morgan fingerprint density at radius 3 is 2.47 bits per heavy atom. The lowest BCUT2D eigenvalue weighted by molar-refractivity contribution is -0.133. The van der Waals surface area contributed by atoms with E-state index in [4.69, 9.17) is 4.74 Å². The number of hydrogen-bond acceptors (Lipinski definition) is 5. The van der Waals surface area contributed by atoms with Crippen LogP contribution in [-0.2, 0) is 17.8 Å². The minimum atomic E-state index is 0.223. The number of piperazine rings is 1. The quantitative estimate of drug-likeness (QED) is 0.570. The van der Waals surface area contributed by atoms with E-state index < -0.39 is 0 Å². The Morgan fingerprint density at radius 2 is 1.78 bits per heavy atom. The Labute approximate surface area is 190 Å². The molecule has 7 heteroatoms. The van der Waals surface area contributed by atoms with Crippen molar-refractivity contribution in [2.75, 3.05) is 32.8 Å². The van der Waals surface area contributed by atoms with Crippen LogP contribution in [0.15, 0.2) is 30.3 Å². The van der Waals surface area contributed by atoms with Crippen LogP contribution in [-0.4, -0.2) is 63.1 Å². The first-order valence-corrected chi connectivity index (χ1v) is 11.5. The van der Waals surface area contributed by atoms with Gasteiger partial charge in [-0.1, -0.05) is 12.1 Å². The van der Waals surface area contributed by atoms with E-state index in [2.05, 4.69) is 34.0 Å². The van der Waals surface area contributed by atoms with Crippen LogP contribution in [0.5, 0.6) is 5.75 Å². The Balaban J connectivity index is 1.29. The summed E-state index contributed by atoms with van der Waals surface area (Å²) in [5.41, 5.74) is 6.29. The van der Waals surface area contributed by atoms with Crippen LogP contribution < -0.4 is 4.74 Å². The van der Waals surface area contributed by atoms with Crippen molar-refractivity contribution in [3.63, 3.8) is 0 Å². The van der Waals surface area contributed by atoms with E-state index in [9.17, 15) is 4.79 Å². The van der Waals surface area contributed by atoms with Gasteiger partial charge in [-0.3, -0.25) is 9.69 Å². The highest BCUT2D eigenvalue weighted by molar-refractivity contribution is 5.76. The summed E-state index contributed by atoms with van der Waals surface area (Å²) in [6.45, 7) is 13.0. The van der Waals surface area contributed by atoms with Gasteiger partial charge in [0.25, 0.3) is 0 Å². The molecule has 0 N–H and O–H groups in total. The number of benzene rings is 1. The minimum absolute atomic E-state index is 0.223. The summed E-state index contributed by atoms with van der Waals surface area (Å²) in [5, 5.41) is 4.53. The summed E-state index contributed by atoms with van der Waals surface area (Å²) < 4.78 is 7.41. The molecule has 7 nitrogen and oxygen atoms in total. The molecule has 4 rings (SSSR count). The second-order valence-corrected chi connectivity index (χ2v) is 8.55. The predicted molar refractivity (Wildman–Crippen MR) is 125 cm³/mol. The molecule has 1 amide bonds. The van der Waals surface area contributed by atoms with E-state index >= 15 is 0 Å². The van der Waals surface area contributed by atoms with E-state index in [1.54, 1.807) is 0 Å². The molecule has 0 spiro atoms. The molecule has 170 valence electrons. The number of carbonyl (C=O) groups excluding carboxylic acids is 1. The number of ether oxygens (including phenoxy) is 1. The van der Waals surface area contributed by atoms with Crippen LogP contribution in [0.1, 0.15) is 41.6 Å². The van der Waals surface area contributed by atoms with Crippen LogP contribution in [0.25, 0.3) is 5.65 Å². The van der Waals surface area contributed by atoms with E-state index in [0.29, 0.717) is 19.4 Å². The van der Waals surface area contributed by atoms with Crippen LogP contribution in [0.2, 0.25) is 0 Å². The SMILES string of the molecule is CCOc1ccc(CN2CCN(C(=O)CCc3c(C)nc4cc(C)nn4c3C)CC2)cc1. The molecule has 1 aliphatic rings. The largest absolute Gasteiger partial charge is 0.494 e. The Bertz CT molecular complexity index is 1080. The molecule has 1 fully saturated rings. The van der Waals surface area contributed by atoms with E-state index in [-0.39, 0.29) is 5.91 Å². The number of aromatic nitrogens is 3. The van der Waals surface area contributed by atoms with Gasteiger partial charge in [0, 0.05) is 56.6 Å². The maximum Gasteiger partial charge on any atom is 0.222 e. The average Bonchev–Trinajstić information content (AvgIpc) is 3.16. The predicted octanol–water partition coefficient (Wildman–Crippen LogP) is 3.33. The summed E-state index contributed by atoms with van der Waals surface area (Å²) in [6.07, 6.45) is 1.21. The van der Waals surface area contributed by atoms with Gasteiger partial charge in [-0.05, 0) is 57.4 Å². The third-order valence-corrected chi connectivity index (χ3v) is 6.24. The van der Waals surface area contributed by atoms with Gasteiger partial charge in [-0.2, -0.15) is 5.10 Å². The van der Waals surface area contributed by atoms with Gasteiger partial charge in [0.15, 0.2) is 5.65 Å². The number of amides is 1. The molecule has 3 aromatic rings. The van der Waals surface area contributed by atoms with Gasteiger partial charge in [-0.25, -0.2) is 9.50 Å². The number of nitrogens with zero attached hydrogens (tertiary/aromatic N) is 5. The molecule has 3 heterocycles. The van der Waals surface area contributed by atoms with E-state index in [1.165, 1.54) is 5.56 Å². The molecule has 0 saturated carbocycles. The summed E-state index contributed by atoms with van der Waals surface area (Å²) in [4.78, 5) is 22.0. The van der Waals surface area contributed by atoms with Crippen molar-refractivity contribution in [1.82, 2.24) is 24.4 Å². The van der Waals surface area contributed by atoms with Crippen molar-refractivity contribution in [2.45, 2.75) is 47.1 Å². The number of carbonyl (C=O) groups is 1. The molecule has 32 heavy (non-hydrogen) atoms. The summed E-state index contributed by atoms with van der Waals surface area (Å²) in [6, 6.07) is 10.3. The summed E-state index contributed by atoms with van der Waals surface area (Å²) >= 11 is 0. The highest BCUT2D eigenvalue weighted by atomic mass is 16.5. The zero-order valence-corrected chi connectivity index (χ0v) is 19.6. The zero-order chi connectivity index (χ0) is 22.7. The fourth-order valence-electron chi connectivity index (χ4n) is 4.46. The Kier molecular flexibility index (Phi) is 6.74. The normalized spacial score (nSPS) is 14.8. The van der Waals surface area contributed by atoms with Crippen molar-refractivity contribution in [2.24, 2.45) is 0 Å². The highest BCUT2D eigenvalue weighted by Gasteiger charge is 2.22. The Morgan fingerprint density at radius 1 is 1.06 bits per heavy atom. The zero-order valence-electron chi connectivity index (χ0n) is 19.6.